The summed E-state index contributed by atoms with van der Waals surface area (Å²) in [5.41, 5.74) is 0. The molecule has 6 nitrogen and oxygen atoms in total. The largest absolute Gasteiger partial charge is 1.00 e. The molecule has 0 aliphatic carbocycles. The summed E-state index contributed by atoms with van der Waals surface area (Å²) in [6.45, 7) is 14.8. The summed E-state index contributed by atoms with van der Waals surface area (Å²) >= 11 is 0. The van der Waals surface area contributed by atoms with Gasteiger partial charge in [-0.25, -0.2) is 0 Å². The van der Waals surface area contributed by atoms with Crippen LogP contribution in [-0.4, -0.2) is 85.2 Å². The van der Waals surface area contributed by atoms with Crippen LogP contribution in [0.4, 0.5) is 0 Å². The third-order valence-electron chi connectivity index (χ3n) is 2.79. The van der Waals surface area contributed by atoms with Crippen molar-refractivity contribution in [2.24, 2.45) is 0 Å². The van der Waals surface area contributed by atoms with Gasteiger partial charge >= 0.3 is 80.9 Å². The molecule has 4 N–H and O–H groups in total. The van der Waals surface area contributed by atoms with E-state index in [1.165, 1.54) is 56.3 Å². The van der Waals surface area contributed by atoms with Crippen LogP contribution in [-0.2, 0) is 0 Å². The number of hydrogen-bond acceptors (Lipinski definition) is 4. The summed E-state index contributed by atoms with van der Waals surface area (Å²) in [5.74, 6) is 0. The first-order chi connectivity index (χ1) is 8.24. The molecular weight excluding hydrogens is 346 g/mol. The van der Waals surface area contributed by atoms with Crippen molar-refractivity contribution in [1.29, 1.82) is 0 Å². The first-order valence-corrected chi connectivity index (χ1v) is 7.88. The minimum Gasteiger partial charge on any atom is -0.870 e. The molecule has 0 aliphatic rings. The van der Waals surface area contributed by atoms with E-state index in [2.05, 4.69) is 55.9 Å². The Labute approximate surface area is 216 Å². The van der Waals surface area contributed by atoms with Gasteiger partial charge in [0, 0.05) is 0 Å². The fourth-order valence-corrected chi connectivity index (χ4v) is 2.57. The molecule has 0 atom stereocenters. The molecule has 0 radical (unpaired) electrons. The van der Waals surface area contributed by atoms with E-state index in [9.17, 15) is 0 Å². The predicted octanol–water partition coefficient (Wildman–Crippen LogP) is -2.93. The number of hydrogen-bond donors (Lipinski definition) is 0. The van der Waals surface area contributed by atoms with Gasteiger partial charge in [-0.1, -0.05) is 27.7 Å². The molecule has 0 aromatic heterocycles. The molecule has 0 unspecified atom stereocenters. The fraction of sp³-hybridized carbons (Fsp3) is 1.00. The summed E-state index contributed by atoms with van der Waals surface area (Å²) in [7, 11) is 8.50. The fourth-order valence-electron chi connectivity index (χ4n) is 2.57. The molecule has 0 spiro atoms. The molecule has 0 saturated carbocycles. The maximum Gasteiger partial charge on any atom is 1.00 e. The zero-order chi connectivity index (χ0) is 14.7. The molecule has 0 aliphatic heterocycles. The van der Waals surface area contributed by atoms with Crippen molar-refractivity contribution in [2.75, 3.05) is 54.4 Å². The van der Waals surface area contributed by atoms with Crippen molar-refractivity contribution in [3.63, 3.8) is 0 Å². The first kappa shape index (κ1) is 50.3. The van der Waals surface area contributed by atoms with E-state index in [4.69, 9.17) is 0 Å². The Morgan fingerprint density at radius 2 is 0.625 bits per heavy atom. The summed E-state index contributed by atoms with van der Waals surface area (Å²) in [6.07, 6.45) is 5.33. The van der Waals surface area contributed by atoms with E-state index in [1.807, 2.05) is 0 Å². The van der Waals surface area contributed by atoms with Crippen LogP contribution in [0, 0.1) is 0 Å². The van der Waals surface area contributed by atoms with Crippen LogP contribution in [0.1, 0.15) is 53.4 Å². The molecule has 0 amide bonds. The molecule has 8 heteroatoms. The van der Waals surface area contributed by atoms with Crippen LogP contribution in [0.3, 0.4) is 0 Å². The van der Waals surface area contributed by atoms with Gasteiger partial charge < -0.3 is 30.9 Å². The first-order valence-electron chi connectivity index (χ1n) is 7.88. The second kappa shape index (κ2) is 30.1. The summed E-state index contributed by atoms with van der Waals surface area (Å²) in [6, 6.07) is 0. The Bertz CT molecular complexity index is 162. The van der Waals surface area contributed by atoms with Gasteiger partial charge in [-0.15, -0.1) is 0 Å². The van der Waals surface area contributed by atoms with Crippen molar-refractivity contribution >= 4 is 0 Å². The predicted molar refractivity (Wildman–Crippen MR) is 92.6 cm³/mol. The Morgan fingerprint density at radius 1 is 0.500 bits per heavy atom. The molecule has 0 bridgehead atoms. The minimum atomic E-state index is 0. The SMILES string of the molecule is CCC[N+](CCC)(CCC)CCC.C[N+](C)(C)C.[K+].[Na+].[OH-].[OH-].[OH-].[OH-]. The maximum atomic E-state index is 2.31. The summed E-state index contributed by atoms with van der Waals surface area (Å²) in [4.78, 5) is 0. The van der Waals surface area contributed by atoms with Crippen LogP contribution in [0.15, 0.2) is 0 Å². The molecular formula is C16H44KN2NaO4. The van der Waals surface area contributed by atoms with E-state index >= 15 is 0 Å². The van der Waals surface area contributed by atoms with Crippen molar-refractivity contribution < 1.29 is 112 Å². The monoisotopic (exact) mass is 390 g/mol. The Morgan fingerprint density at radius 3 is 0.708 bits per heavy atom. The van der Waals surface area contributed by atoms with Crippen LogP contribution in [0.2, 0.25) is 0 Å². The van der Waals surface area contributed by atoms with Crippen LogP contribution >= 0.6 is 0 Å². The number of rotatable bonds is 8. The van der Waals surface area contributed by atoms with Gasteiger partial charge in [0.1, 0.15) is 0 Å². The third-order valence-corrected chi connectivity index (χ3v) is 2.79. The van der Waals surface area contributed by atoms with E-state index in [-0.39, 0.29) is 103 Å². The molecule has 144 valence electrons. The average Bonchev–Trinajstić information content (AvgIpc) is 2.16. The van der Waals surface area contributed by atoms with E-state index in [1.54, 1.807) is 0 Å². The Balaban J connectivity index is -0.0000000347. The van der Waals surface area contributed by atoms with Crippen molar-refractivity contribution in [3.05, 3.63) is 0 Å². The van der Waals surface area contributed by atoms with Gasteiger partial charge in [0.25, 0.3) is 0 Å². The molecule has 24 heavy (non-hydrogen) atoms. The second-order valence-corrected chi connectivity index (χ2v) is 6.92. The third kappa shape index (κ3) is 39.5. The van der Waals surface area contributed by atoms with E-state index in [0.29, 0.717) is 0 Å². The normalized spacial score (nSPS) is 9.00. The quantitative estimate of drug-likeness (QED) is 0.325. The standard InChI is InChI=1S/C12H28N.C4H12N.K.Na.4H2O/c1-5-9-13(10-6-2,11-7-3)12-8-4;1-5(2,3)4;;;;;;/h5-12H2,1-4H3;1-4H3;;;4*1H2/q4*+1;;;;/p-4. The average molecular weight is 391 g/mol. The Kier molecular flexibility index (Phi) is 63.2. The minimum absolute atomic E-state index is 0. The molecule has 0 rings (SSSR count). The van der Waals surface area contributed by atoms with Gasteiger partial charge in [-0.05, 0) is 25.7 Å². The van der Waals surface area contributed by atoms with Crippen molar-refractivity contribution in [3.8, 4) is 0 Å². The van der Waals surface area contributed by atoms with Crippen LogP contribution in [0.25, 0.3) is 0 Å². The topological polar surface area (TPSA) is 120 Å². The van der Waals surface area contributed by atoms with Crippen LogP contribution < -0.4 is 80.9 Å². The van der Waals surface area contributed by atoms with Gasteiger partial charge in [-0.3, -0.25) is 0 Å². The second-order valence-electron chi connectivity index (χ2n) is 6.92. The van der Waals surface area contributed by atoms with Gasteiger partial charge in [0.15, 0.2) is 0 Å². The van der Waals surface area contributed by atoms with Gasteiger partial charge in [0.2, 0.25) is 0 Å². The van der Waals surface area contributed by atoms with Crippen molar-refractivity contribution in [1.82, 2.24) is 0 Å². The van der Waals surface area contributed by atoms with Crippen molar-refractivity contribution in [2.45, 2.75) is 53.4 Å². The molecule has 0 aromatic rings. The van der Waals surface area contributed by atoms with Gasteiger partial charge in [-0.2, -0.15) is 0 Å². The maximum absolute atomic E-state index is 2.31. The molecule has 0 fully saturated rings. The van der Waals surface area contributed by atoms with E-state index in [0.717, 1.165) is 4.48 Å². The molecule has 0 aromatic carbocycles. The zero-order valence-electron chi connectivity index (χ0n) is 18.3. The zero-order valence-corrected chi connectivity index (χ0v) is 23.5. The molecule has 0 saturated heterocycles. The Hall–Kier alpha value is 2.40. The molecule has 0 heterocycles. The van der Waals surface area contributed by atoms with Crippen LogP contribution in [0.5, 0.6) is 0 Å². The summed E-state index contributed by atoms with van der Waals surface area (Å²) < 4.78 is 2.38. The van der Waals surface area contributed by atoms with E-state index < -0.39 is 0 Å². The number of nitrogens with zero attached hydrogens (tertiary/aromatic N) is 2. The van der Waals surface area contributed by atoms with Gasteiger partial charge in [0.05, 0.1) is 54.4 Å². The number of quaternary nitrogens is 2. The summed E-state index contributed by atoms with van der Waals surface area (Å²) in [5, 5.41) is 0. The smallest absolute Gasteiger partial charge is 0.870 e.